The van der Waals surface area contributed by atoms with Crippen LogP contribution in [0.15, 0.2) is 16.7 Å². The summed E-state index contributed by atoms with van der Waals surface area (Å²) < 4.78 is 22.3. The average Bonchev–Trinajstić information content (AvgIpc) is 3.20. The van der Waals surface area contributed by atoms with Crippen LogP contribution >= 0.6 is 27.5 Å². The lowest BCUT2D eigenvalue weighted by molar-refractivity contribution is 0.305. The molecule has 2 aromatic rings. The van der Waals surface area contributed by atoms with E-state index in [2.05, 4.69) is 25.9 Å². The number of hydrogen-bond donors (Lipinski definition) is 0. The molecule has 21 heavy (non-hydrogen) atoms. The van der Waals surface area contributed by atoms with Crippen LogP contribution < -0.4 is 4.74 Å². The molecule has 0 radical (unpaired) electrons. The molecule has 1 saturated carbocycles. The zero-order chi connectivity index (χ0) is 15.1. The van der Waals surface area contributed by atoms with Crippen LogP contribution in [0.2, 0.25) is 5.02 Å². The Balaban J connectivity index is 2.27. The highest BCUT2D eigenvalue weighted by atomic mass is 79.9. The SMILES string of the molecule is [C-]#[N+]c1c(OC2CC2)cc(Cl)c(F)c1-c1c(Br)cnn1C. The summed E-state index contributed by atoms with van der Waals surface area (Å²) in [4.78, 5) is 3.46. The third kappa shape index (κ3) is 2.52. The Morgan fingerprint density at radius 1 is 1.57 bits per heavy atom. The minimum atomic E-state index is -0.643. The maximum atomic E-state index is 14.5. The summed E-state index contributed by atoms with van der Waals surface area (Å²) in [5.74, 6) is -0.322. The molecular weight excluding hydrogens is 361 g/mol. The van der Waals surface area contributed by atoms with E-state index in [4.69, 9.17) is 22.9 Å². The molecule has 7 heteroatoms. The van der Waals surface area contributed by atoms with E-state index in [-0.39, 0.29) is 22.4 Å². The van der Waals surface area contributed by atoms with Crippen LogP contribution in [0.4, 0.5) is 10.1 Å². The van der Waals surface area contributed by atoms with E-state index in [0.717, 1.165) is 12.8 Å². The van der Waals surface area contributed by atoms with Gasteiger partial charge in [0.1, 0.15) is 11.6 Å². The van der Waals surface area contributed by atoms with E-state index in [1.54, 1.807) is 13.2 Å². The van der Waals surface area contributed by atoms with Crippen molar-refractivity contribution in [3.05, 3.63) is 39.0 Å². The zero-order valence-corrected chi connectivity index (χ0v) is 13.4. The monoisotopic (exact) mass is 369 g/mol. The maximum absolute atomic E-state index is 14.5. The summed E-state index contributed by atoms with van der Waals surface area (Å²) in [7, 11) is 1.68. The first-order valence-electron chi connectivity index (χ1n) is 6.27. The highest BCUT2D eigenvalue weighted by Crippen LogP contribution is 2.46. The molecule has 1 aliphatic carbocycles. The molecule has 1 heterocycles. The Morgan fingerprint density at radius 3 is 2.81 bits per heavy atom. The van der Waals surface area contributed by atoms with Crippen LogP contribution in [0.25, 0.3) is 16.1 Å². The molecule has 1 aromatic heterocycles. The van der Waals surface area contributed by atoms with Gasteiger partial charge in [0.25, 0.3) is 0 Å². The number of rotatable bonds is 3. The maximum Gasteiger partial charge on any atom is 0.240 e. The van der Waals surface area contributed by atoms with E-state index in [0.29, 0.717) is 15.9 Å². The number of hydrogen-bond acceptors (Lipinski definition) is 2. The van der Waals surface area contributed by atoms with E-state index in [1.165, 1.54) is 10.7 Å². The first-order chi connectivity index (χ1) is 10.0. The fraction of sp³-hybridized carbons (Fsp3) is 0.286. The molecule has 1 aliphatic rings. The minimum absolute atomic E-state index is 0.0684. The van der Waals surface area contributed by atoms with Crippen LogP contribution in [-0.2, 0) is 7.05 Å². The molecule has 0 bridgehead atoms. The van der Waals surface area contributed by atoms with Crippen LogP contribution in [-0.4, -0.2) is 15.9 Å². The van der Waals surface area contributed by atoms with Gasteiger partial charge in [-0.3, -0.25) is 4.68 Å². The normalized spacial score (nSPS) is 14.0. The van der Waals surface area contributed by atoms with Crippen molar-refractivity contribution in [3.8, 4) is 17.0 Å². The largest absolute Gasteiger partial charge is 0.501 e. The van der Waals surface area contributed by atoms with Crippen molar-refractivity contribution in [2.24, 2.45) is 7.05 Å². The van der Waals surface area contributed by atoms with Gasteiger partial charge in [0.2, 0.25) is 5.69 Å². The van der Waals surface area contributed by atoms with Gasteiger partial charge in [-0.15, -0.1) is 0 Å². The van der Waals surface area contributed by atoms with Crippen LogP contribution in [0.1, 0.15) is 12.8 Å². The second-order valence-corrected chi connectivity index (χ2v) is 6.05. The number of aromatic nitrogens is 2. The first-order valence-corrected chi connectivity index (χ1v) is 7.44. The van der Waals surface area contributed by atoms with Gasteiger partial charge in [-0.2, -0.15) is 5.10 Å². The van der Waals surface area contributed by atoms with Gasteiger partial charge in [-0.05, 0) is 34.8 Å². The number of benzene rings is 1. The summed E-state index contributed by atoms with van der Waals surface area (Å²) in [6.45, 7) is 7.39. The molecule has 1 aromatic carbocycles. The van der Waals surface area contributed by atoms with E-state index in [9.17, 15) is 4.39 Å². The Kier molecular flexibility index (Phi) is 3.64. The van der Waals surface area contributed by atoms with Crippen molar-refractivity contribution in [2.45, 2.75) is 18.9 Å². The van der Waals surface area contributed by atoms with Gasteiger partial charge in [-0.25, -0.2) is 9.24 Å². The molecule has 0 atom stereocenters. The fourth-order valence-corrected chi connectivity index (χ4v) is 2.81. The molecule has 4 nitrogen and oxygen atoms in total. The molecule has 0 unspecified atom stereocenters. The molecule has 0 N–H and O–H groups in total. The van der Waals surface area contributed by atoms with Crippen LogP contribution in [0.3, 0.4) is 0 Å². The highest BCUT2D eigenvalue weighted by molar-refractivity contribution is 9.10. The molecule has 0 amide bonds. The Hall–Kier alpha value is -1.58. The number of ether oxygens (including phenoxy) is 1. The summed E-state index contributed by atoms with van der Waals surface area (Å²) in [5.41, 5.74) is 0.690. The van der Waals surface area contributed by atoms with E-state index >= 15 is 0 Å². The molecule has 0 saturated heterocycles. The molecule has 0 aliphatic heterocycles. The third-order valence-electron chi connectivity index (χ3n) is 3.22. The average molecular weight is 371 g/mol. The summed E-state index contributed by atoms with van der Waals surface area (Å²) in [5, 5.41) is 3.99. The van der Waals surface area contributed by atoms with Gasteiger partial charge in [0.15, 0.2) is 0 Å². The second kappa shape index (κ2) is 5.32. The Labute approximate surface area is 134 Å². The van der Waals surface area contributed by atoms with Gasteiger partial charge in [-0.1, -0.05) is 11.6 Å². The predicted octanol–water partition coefficient (Wildman–Crippen LogP) is 4.73. The number of aryl methyl sites for hydroxylation is 1. The summed E-state index contributed by atoms with van der Waals surface area (Å²) >= 11 is 9.30. The lowest BCUT2D eigenvalue weighted by atomic mass is 10.1. The van der Waals surface area contributed by atoms with Gasteiger partial charge >= 0.3 is 0 Å². The van der Waals surface area contributed by atoms with Crippen molar-refractivity contribution < 1.29 is 9.13 Å². The van der Waals surface area contributed by atoms with Crippen molar-refractivity contribution >= 4 is 33.2 Å². The van der Waals surface area contributed by atoms with Gasteiger partial charge < -0.3 is 4.74 Å². The number of nitrogens with zero attached hydrogens (tertiary/aromatic N) is 3. The quantitative estimate of drug-likeness (QED) is 0.731. The molecule has 0 spiro atoms. The predicted molar refractivity (Wildman–Crippen MR) is 81.2 cm³/mol. The summed E-state index contributed by atoms with van der Waals surface area (Å²) in [6, 6.07) is 1.37. The third-order valence-corrected chi connectivity index (χ3v) is 4.07. The fourth-order valence-electron chi connectivity index (χ4n) is 2.07. The summed E-state index contributed by atoms with van der Waals surface area (Å²) in [6.07, 6.45) is 3.52. The van der Waals surface area contributed by atoms with Gasteiger partial charge in [0, 0.05) is 12.6 Å². The Morgan fingerprint density at radius 2 is 2.29 bits per heavy atom. The molecule has 108 valence electrons. The van der Waals surface area contributed by atoms with Crippen molar-refractivity contribution in [1.82, 2.24) is 9.78 Å². The minimum Gasteiger partial charge on any atom is -0.501 e. The lowest BCUT2D eigenvalue weighted by Gasteiger charge is -2.14. The van der Waals surface area contributed by atoms with Crippen LogP contribution in [0, 0.1) is 12.4 Å². The van der Waals surface area contributed by atoms with Crippen molar-refractivity contribution in [1.29, 1.82) is 0 Å². The zero-order valence-electron chi connectivity index (χ0n) is 11.0. The topological polar surface area (TPSA) is 31.4 Å². The molecule has 1 fully saturated rings. The smallest absolute Gasteiger partial charge is 0.240 e. The second-order valence-electron chi connectivity index (χ2n) is 4.79. The van der Waals surface area contributed by atoms with Crippen molar-refractivity contribution in [2.75, 3.05) is 0 Å². The molecular formula is C14H10BrClFN3O. The lowest BCUT2D eigenvalue weighted by Crippen LogP contribution is -2.01. The van der Waals surface area contributed by atoms with E-state index in [1.807, 2.05) is 0 Å². The molecule has 3 rings (SSSR count). The van der Waals surface area contributed by atoms with E-state index < -0.39 is 5.82 Å². The highest BCUT2D eigenvalue weighted by Gasteiger charge is 2.29. The van der Waals surface area contributed by atoms with Crippen LogP contribution in [0.5, 0.6) is 5.75 Å². The van der Waals surface area contributed by atoms with Crippen molar-refractivity contribution in [3.63, 3.8) is 0 Å². The standard InChI is InChI=1S/C14H10BrClFN3O/c1-18-13-10(21-7-3-4-7)5-9(16)12(17)11(13)14-8(15)6-19-20(14)2/h5-7H,3-4H2,2H3. The number of halogens is 3. The Bertz CT molecular complexity index is 745. The van der Waals surface area contributed by atoms with Gasteiger partial charge in [0.05, 0.1) is 34.1 Å². The first kappa shape index (κ1) is 14.4.